The van der Waals surface area contributed by atoms with E-state index in [1.165, 1.54) is 0 Å². The Morgan fingerprint density at radius 3 is 2.58 bits per heavy atom. The number of fused-ring (bicyclic) bond motifs is 2. The first-order valence-corrected chi connectivity index (χ1v) is 10.9. The highest BCUT2D eigenvalue weighted by Gasteiger charge is 2.59. The molecule has 3 aliphatic heterocycles. The molecule has 7 heteroatoms. The zero-order valence-corrected chi connectivity index (χ0v) is 17.6. The van der Waals surface area contributed by atoms with Gasteiger partial charge in [0.2, 0.25) is 17.7 Å². The van der Waals surface area contributed by atoms with Crippen LogP contribution in [-0.2, 0) is 19.8 Å². The van der Waals surface area contributed by atoms with Crippen LogP contribution in [-0.4, -0.2) is 52.1 Å². The molecule has 4 heterocycles. The van der Waals surface area contributed by atoms with Crippen molar-refractivity contribution in [3.05, 3.63) is 59.9 Å². The molecule has 1 aromatic carbocycles. The Bertz CT molecular complexity index is 1030. The van der Waals surface area contributed by atoms with E-state index < -0.39 is 11.5 Å². The van der Waals surface area contributed by atoms with Crippen LogP contribution in [0, 0.1) is 5.92 Å². The number of pyridine rings is 1. The van der Waals surface area contributed by atoms with E-state index in [2.05, 4.69) is 10.3 Å². The van der Waals surface area contributed by atoms with Gasteiger partial charge >= 0.3 is 0 Å². The lowest BCUT2D eigenvalue weighted by Gasteiger charge is -2.37. The summed E-state index contributed by atoms with van der Waals surface area (Å²) < 4.78 is 0. The monoisotopic (exact) mass is 418 g/mol. The molecular weight excluding hydrogens is 392 g/mol. The number of carbonyl (C=O) groups is 3. The minimum absolute atomic E-state index is 0.0516. The van der Waals surface area contributed by atoms with E-state index in [0.29, 0.717) is 38.9 Å². The van der Waals surface area contributed by atoms with Gasteiger partial charge in [0, 0.05) is 50.6 Å². The quantitative estimate of drug-likeness (QED) is 0.812. The lowest BCUT2D eigenvalue weighted by Crippen LogP contribution is -2.46. The second-order valence-electron chi connectivity index (χ2n) is 8.72. The van der Waals surface area contributed by atoms with Gasteiger partial charge in [0.1, 0.15) is 5.41 Å². The zero-order chi connectivity index (χ0) is 21.6. The van der Waals surface area contributed by atoms with Crippen molar-refractivity contribution in [2.24, 2.45) is 5.92 Å². The molecule has 2 atom stereocenters. The molecule has 160 valence electrons. The molecule has 1 aromatic heterocycles. The van der Waals surface area contributed by atoms with Crippen molar-refractivity contribution in [3.63, 3.8) is 0 Å². The Hall–Kier alpha value is -3.22. The van der Waals surface area contributed by atoms with Crippen LogP contribution in [0.5, 0.6) is 0 Å². The SMILES string of the molecule is CC(=O)N1CCC(C(=O)N2CCC3(C(=O)Nc4ccccc43)C2c2cccnc2)CC1. The fourth-order valence-electron chi connectivity index (χ4n) is 5.60. The highest BCUT2D eigenvalue weighted by molar-refractivity contribution is 6.07. The van der Waals surface area contributed by atoms with Gasteiger partial charge in [-0.15, -0.1) is 0 Å². The van der Waals surface area contributed by atoms with E-state index in [-0.39, 0.29) is 23.6 Å². The summed E-state index contributed by atoms with van der Waals surface area (Å²) in [7, 11) is 0. The van der Waals surface area contributed by atoms with Crippen LogP contribution in [0.1, 0.15) is 43.4 Å². The largest absolute Gasteiger partial charge is 0.343 e. The summed E-state index contributed by atoms with van der Waals surface area (Å²) in [5.41, 5.74) is 1.84. The van der Waals surface area contributed by atoms with Crippen LogP contribution in [0.25, 0.3) is 0 Å². The molecule has 2 aromatic rings. The predicted molar refractivity (Wildman–Crippen MR) is 115 cm³/mol. The molecule has 0 bridgehead atoms. The van der Waals surface area contributed by atoms with Crippen LogP contribution in [0.3, 0.4) is 0 Å². The van der Waals surface area contributed by atoms with Gasteiger partial charge in [-0.25, -0.2) is 0 Å². The average Bonchev–Trinajstić information content (AvgIpc) is 3.33. The van der Waals surface area contributed by atoms with Crippen molar-refractivity contribution in [1.82, 2.24) is 14.8 Å². The maximum Gasteiger partial charge on any atom is 0.237 e. The highest BCUT2D eigenvalue weighted by Crippen LogP contribution is 2.55. The Morgan fingerprint density at radius 1 is 1.10 bits per heavy atom. The Kier molecular flexibility index (Phi) is 4.76. The van der Waals surface area contributed by atoms with E-state index in [4.69, 9.17) is 0 Å². The average molecular weight is 418 g/mol. The number of aromatic nitrogens is 1. The molecule has 1 spiro atoms. The number of para-hydroxylation sites is 1. The number of piperidine rings is 1. The Balaban J connectivity index is 1.52. The molecule has 3 aliphatic rings. The third kappa shape index (κ3) is 3.02. The van der Waals surface area contributed by atoms with E-state index in [1.54, 1.807) is 24.2 Å². The number of nitrogens with one attached hydrogen (secondary N) is 1. The fraction of sp³-hybridized carbons (Fsp3) is 0.417. The lowest BCUT2D eigenvalue weighted by atomic mass is 9.72. The first kappa shape index (κ1) is 19.7. The van der Waals surface area contributed by atoms with Crippen LogP contribution in [0.2, 0.25) is 0 Å². The number of nitrogens with zero attached hydrogens (tertiary/aromatic N) is 3. The number of anilines is 1. The number of hydrogen-bond donors (Lipinski definition) is 1. The number of carbonyl (C=O) groups excluding carboxylic acids is 3. The summed E-state index contributed by atoms with van der Waals surface area (Å²) in [6, 6.07) is 11.2. The van der Waals surface area contributed by atoms with Crippen LogP contribution < -0.4 is 5.32 Å². The maximum absolute atomic E-state index is 13.7. The zero-order valence-electron chi connectivity index (χ0n) is 17.6. The van der Waals surface area contributed by atoms with Gasteiger partial charge in [0.25, 0.3) is 0 Å². The van der Waals surface area contributed by atoms with Crippen molar-refractivity contribution in [2.75, 3.05) is 25.0 Å². The second-order valence-corrected chi connectivity index (χ2v) is 8.72. The topological polar surface area (TPSA) is 82.6 Å². The standard InChI is InChI=1S/C24H26N4O3/c1-16(29)27-12-8-17(9-13-27)22(30)28-14-10-24(21(28)18-5-4-11-25-15-18)19-6-2-3-7-20(19)26-23(24)31/h2-7,11,15,17,21H,8-10,12-14H2,1H3,(H,26,31). The molecule has 5 rings (SSSR count). The number of likely N-dealkylation sites (tertiary alicyclic amines) is 2. The normalized spacial score (nSPS) is 25.6. The molecular formula is C24H26N4O3. The summed E-state index contributed by atoms with van der Waals surface area (Å²) in [6.45, 7) is 3.30. The molecule has 0 aliphatic carbocycles. The minimum Gasteiger partial charge on any atom is -0.343 e. The number of hydrogen-bond acceptors (Lipinski definition) is 4. The van der Waals surface area contributed by atoms with Crippen LogP contribution in [0.4, 0.5) is 5.69 Å². The minimum atomic E-state index is -0.810. The van der Waals surface area contributed by atoms with E-state index in [9.17, 15) is 14.4 Å². The molecule has 2 fully saturated rings. The van der Waals surface area contributed by atoms with Crippen LogP contribution in [0.15, 0.2) is 48.8 Å². The van der Waals surface area contributed by atoms with Crippen molar-refractivity contribution in [1.29, 1.82) is 0 Å². The van der Waals surface area contributed by atoms with Gasteiger partial charge in [-0.1, -0.05) is 24.3 Å². The van der Waals surface area contributed by atoms with Gasteiger partial charge in [0.15, 0.2) is 0 Å². The van der Waals surface area contributed by atoms with E-state index >= 15 is 0 Å². The van der Waals surface area contributed by atoms with Crippen molar-refractivity contribution in [3.8, 4) is 0 Å². The third-order valence-corrected chi connectivity index (χ3v) is 7.16. The Morgan fingerprint density at radius 2 is 1.87 bits per heavy atom. The molecule has 1 N–H and O–H groups in total. The number of amides is 3. The summed E-state index contributed by atoms with van der Waals surface area (Å²) in [5.74, 6) is -0.0570. The maximum atomic E-state index is 13.7. The first-order valence-electron chi connectivity index (χ1n) is 10.9. The molecule has 0 radical (unpaired) electrons. The summed E-state index contributed by atoms with van der Waals surface area (Å²) in [6.07, 6.45) is 5.37. The van der Waals surface area contributed by atoms with Gasteiger partial charge < -0.3 is 15.1 Å². The fourth-order valence-corrected chi connectivity index (χ4v) is 5.60. The van der Waals surface area contributed by atoms with Crippen molar-refractivity contribution in [2.45, 2.75) is 37.6 Å². The summed E-state index contributed by atoms with van der Waals surface area (Å²) in [5, 5.41) is 3.05. The molecule has 7 nitrogen and oxygen atoms in total. The highest BCUT2D eigenvalue weighted by atomic mass is 16.2. The third-order valence-electron chi connectivity index (χ3n) is 7.16. The second kappa shape index (κ2) is 7.48. The molecule has 2 saturated heterocycles. The first-order chi connectivity index (χ1) is 15.0. The van der Waals surface area contributed by atoms with Crippen LogP contribution >= 0.6 is 0 Å². The summed E-state index contributed by atoms with van der Waals surface area (Å²) in [4.78, 5) is 46.7. The van der Waals surface area contributed by atoms with Gasteiger partial charge in [0.05, 0.1) is 6.04 Å². The van der Waals surface area contributed by atoms with E-state index in [1.807, 2.05) is 41.3 Å². The van der Waals surface area contributed by atoms with Gasteiger partial charge in [-0.05, 0) is 42.5 Å². The number of benzene rings is 1. The molecule has 0 saturated carbocycles. The number of rotatable bonds is 2. The predicted octanol–water partition coefficient (Wildman–Crippen LogP) is 2.50. The van der Waals surface area contributed by atoms with Crippen molar-refractivity contribution < 1.29 is 14.4 Å². The lowest BCUT2D eigenvalue weighted by molar-refractivity contribution is -0.141. The molecule has 3 amide bonds. The summed E-state index contributed by atoms with van der Waals surface area (Å²) >= 11 is 0. The van der Waals surface area contributed by atoms with Gasteiger partial charge in [-0.2, -0.15) is 0 Å². The smallest absolute Gasteiger partial charge is 0.237 e. The van der Waals surface area contributed by atoms with E-state index in [0.717, 1.165) is 16.8 Å². The van der Waals surface area contributed by atoms with Gasteiger partial charge in [-0.3, -0.25) is 19.4 Å². The Labute approximate surface area is 181 Å². The molecule has 31 heavy (non-hydrogen) atoms. The molecule has 2 unspecified atom stereocenters. The van der Waals surface area contributed by atoms with Crippen molar-refractivity contribution >= 4 is 23.4 Å².